The molecule has 0 aliphatic rings. The molecule has 28 heavy (non-hydrogen) atoms. The van der Waals surface area contributed by atoms with Crippen LogP contribution < -0.4 is 15.8 Å². The van der Waals surface area contributed by atoms with Gasteiger partial charge in [-0.25, -0.2) is 13.6 Å². The molecule has 0 radical (unpaired) electrons. The number of anilines is 1. The van der Waals surface area contributed by atoms with Gasteiger partial charge in [0.25, 0.3) is 0 Å². The summed E-state index contributed by atoms with van der Waals surface area (Å²) in [6.45, 7) is 6.52. The van der Waals surface area contributed by atoms with Crippen molar-refractivity contribution in [2.75, 3.05) is 11.9 Å². The molecule has 4 N–H and O–H groups in total. The summed E-state index contributed by atoms with van der Waals surface area (Å²) in [5.41, 5.74) is 2.49. The molecule has 0 atom stereocenters. The summed E-state index contributed by atoms with van der Waals surface area (Å²) < 4.78 is 22.4. The van der Waals surface area contributed by atoms with Crippen LogP contribution in [0.5, 0.6) is 0 Å². The van der Waals surface area contributed by atoms with Gasteiger partial charge in [0.1, 0.15) is 0 Å². The van der Waals surface area contributed by atoms with Crippen LogP contribution in [0.4, 0.5) is 5.69 Å². The van der Waals surface area contributed by atoms with Crippen LogP contribution in [0.15, 0.2) is 53.4 Å². The molecule has 2 rings (SSSR count). The number of rotatable bonds is 5. The van der Waals surface area contributed by atoms with Gasteiger partial charge in [-0.3, -0.25) is 9.59 Å². The van der Waals surface area contributed by atoms with Crippen LogP contribution in [0.3, 0.4) is 0 Å². The van der Waals surface area contributed by atoms with Crippen molar-refractivity contribution in [3.63, 3.8) is 0 Å². The van der Waals surface area contributed by atoms with Crippen LogP contribution in [0.1, 0.15) is 31.9 Å². The third-order valence-electron chi connectivity index (χ3n) is 4.17. The Kier molecular flexibility index (Phi) is 6.58. The van der Waals surface area contributed by atoms with Crippen LogP contribution in [0.2, 0.25) is 0 Å². The highest BCUT2D eigenvalue weighted by atomic mass is 32.2. The number of benzene rings is 2. The van der Waals surface area contributed by atoms with E-state index in [1.54, 1.807) is 24.3 Å². The minimum Gasteiger partial charge on any atom is -0.347 e. The van der Waals surface area contributed by atoms with Crippen LogP contribution >= 0.6 is 0 Å². The normalized spacial score (nSPS) is 11.7. The molecule has 0 heterocycles. The van der Waals surface area contributed by atoms with Gasteiger partial charge in [-0.1, -0.05) is 45.0 Å². The summed E-state index contributed by atoms with van der Waals surface area (Å²) in [6.07, 6.45) is 0.449. The zero-order valence-electron chi connectivity index (χ0n) is 16.2. The molecule has 0 fully saturated rings. The summed E-state index contributed by atoms with van der Waals surface area (Å²) in [6, 6.07) is 13.4. The van der Waals surface area contributed by atoms with Gasteiger partial charge >= 0.3 is 11.8 Å². The molecule has 0 aliphatic heterocycles. The molecule has 150 valence electrons. The summed E-state index contributed by atoms with van der Waals surface area (Å²) in [7, 11) is -3.73. The van der Waals surface area contributed by atoms with E-state index in [-0.39, 0.29) is 16.9 Å². The fraction of sp³-hybridized carbons (Fsp3) is 0.300. The maximum absolute atomic E-state index is 12.0. The lowest BCUT2D eigenvalue weighted by molar-refractivity contribution is -0.136. The molecule has 0 aromatic heterocycles. The minimum atomic E-state index is -3.73. The first-order valence-electron chi connectivity index (χ1n) is 8.78. The lowest BCUT2D eigenvalue weighted by Crippen LogP contribution is -2.36. The van der Waals surface area contributed by atoms with Crippen LogP contribution in [0.25, 0.3) is 0 Å². The first-order chi connectivity index (χ1) is 13.0. The third kappa shape index (κ3) is 6.17. The van der Waals surface area contributed by atoms with Crippen molar-refractivity contribution in [1.82, 2.24) is 5.32 Å². The van der Waals surface area contributed by atoms with Crippen molar-refractivity contribution < 1.29 is 18.0 Å². The third-order valence-corrected chi connectivity index (χ3v) is 5.10. The number of hydrogen-bond donors (Lipinski definition) is 3. The average molecular weight is 404 g/mol. The van der Waals surface area contributed by atoms with Crippen molar-refractivity contribution in [3.05, 3.63) is 59.7 Å². The number of sulfonamides is 1. The summed E-state index contributed by atoms with van der Waals surface area (Å²) in [5, 5.41) is 10.1. The molecule has 0 saturated heterocycles. The number of hydrogen-bond acceptors (Lipinski definition) is 4. The van der Waals surface area contributed by atoms with Gasteiger partial charge in [-0.2, -0.15) is 0 Å². The summed E-state index contributed by atoms with van der Waals surface area (Å²) >= 11 is 0. The highest BCUT2D eigenvalue weighted by Gasteiger charge is 2.15. The lowest BCUT2D eigenvalue weighted by Gasteiger charge is -2.19. The predicted molar refractivity (Wildman–Crippen MR) is 108 cm³/mol. The van der Waals surface area contributed by atoms with Crippen molar-refractivity contribution >= 4 is 27.5 Å². The van der Waals surface area contributed by atoms with Crippen molar-refractivity contribution in [2.45, 2.75) is 37.5 Å². The Morgan fingerprint density at radius 2 is 1.50 bits per heavy atom. The maximum Gasteiger partial charge on any atom is 0.313 e. The summed E-state index contributed by atoms with van der Waals surface area (Å²) in [5.74, 6) is -1.48. The SMILES string of the molecule is CC(C)(C)c1ccc(NC(=O)C(=O)NCCc2ccc(S(N)(=O)=O)cc2)cc1. The monoisotopic (exact) mass is 403 g/mol. The maximum atomic E-state index is 12.0. The fourth-order valence-corrected chi connectivity index (χ4v) is 3.00. The average Bonchev–Trinajstić information content (AvgIpc) is 2.61. The van der Waals surface area contributed by atoms with Crippen LogP contribution in [-0.4, -0.2) is 26.8 Å². The number of carbonyl (C=O) groups excluding carboxylic acids is 2. The molecule has 0 bridgehead atoms. The van der Waals surface area contributed by atoms with Gasteiger partial charge < -0.3 is 10.6 Å². The number of nitrogens with one attached hydrogen (secondary N) is 2. The van der Waals surface area contributed by atoms with E-state index in [0.717, 1.165) is 11.1 Å². The van der Waals surface area contributed by atoms with E-state index < -0.39 is 21.8 Å². The van der Waals surface area contributed by atoms with Crippen molar-refractivity contribution in [2.24, 2.45) is 5.14 Å². The first kappa shape index (κ1) is 21.6. The summed E-state index contributed by atoms with van der Waals surface area (Å²) in [4.78, 5) is 23.9. The zero-order chi connectivity index (χ0) is 20.9. The molecule has 2 aromatic rings. The topological polar surface area (TPSA) is 118 Å². The molecule has 8 heteroatoms. The minimum absolute atomic E-state index is 0.00640. The van der Waals surface area contributed by atoms with Gasteiger partial charge in [0, 0.05) is 12.2 Å². The van der Waals surface area contributed by atoms with Gasteiger partial charge in [0.15, 0.2) is 0 Å². The Balaban J connectivity index is 1.83. The number of carbonyl (C=O) groups is 2. The Morgan fingerprint density at radius 1 is 0.929 bits per heavy atom. The van der Waals surface area contributed by atoms with Crippen molar-refractivity contribution in [3.8, 4) is 0 Å². The molecular weight excluding hydrogens is 378 g/mol. The second-order valence-corrected chi connectivity index (χ2v) is 9.04. The molecule has 0 spiro atoms. The molecule has 2 aromatic carbocycles. The van der Waals surface area contributed by atoms with Gasteiger partial charge in [-0.05, 0) is 47.2 Å². The number of primary sulfonamides is 1. The van der Waals surface area contributed by atoms with E-state index in [0.29, 0.717) is 12.1 Å². The second kappa shape index (κ2) is 8.53. The quantitative estimate of drug-likeness (QED) is 0.661. The first-order valence-corrected chi connectivity index (χ1v) is 10.3. The van der Waals surface area contributed by atoms with E-state index in [1.807, 2.05) is 12.1 Å². The largest absolute Gasteiger partial charge is 0.347 e. The molecule has 2 amide bonds. The lowest BCUT2D eigenvalue weighted by atomic mass is 9.87. The molecular formula is C20H25N3O4S. The van der Waals surface area contributed by atoms with E-state index in [4.69, 9.17) is 5.14 Å². The second-order valence-electron chi connectivity index (χ2n) is 7.48. The Bertz CT molecular complexity index is 944. The molecule has 0 saturated carbocycles. The van der Waals surface area contributed by atoms with Crippen LogP contribution in [-0.2, 0) is 31.4 Å². The van der Waals surface area contributed by atoms with Gasteiger partial charge in [-0.15, -0.1) is 0 Å². The highest BCUT2D eigenvalue weighted by molar-refractivity contribution is 7.89. The van der Waals surface area contributed by atoms with E-state index in [9.17, 15) is 18.0 Å². The van der Waals surface area contributed by atoms with Gasteiger partial charge in [0.2, 0.25) is 10.0 Å². The number of amides is 2. The van der Waals surface area contributed by atoms with Crippen molar-refractivity contribution in [1.29, 1.82) is 0 Å². The standard InChI is InChI=1S/C20H25N3O4S/c1-20(2,3)15-6-8-16(9-7-15)23-19(25)18(24)22-13-12-14-4-10-17(11-5-14)28(21,26)27/h4-11H,12-13H2,1-3H3,(H,22,24)(H,23,25)(H2,21,26,27). The Hall–Kier alpha value is -2.71. The van der Waals surface area contributed by atoms with E-state index >= 15 is 0 Å². The fourth-order valence-electron chi connectivity index (χ4n) is 2.49. The smallest absolute Gasteiger partial charge is 0.313 e. The van der Waals surface area contributed by atoms with Crippen LogP contribution in [0, 0.1) is 0 Å². The zero-order valence-corrected chi connectivity index (χ0v) is 17.0. The predicted octanol–water partition coefficient (Wildman–Crippen LogP) is 1.93. The van der Waals surface area contributed by atoms with E-state index in [2.05, 4.69) is 31.4 Å². The number of nitrogens with two attached hydrogens (primary N) is 1. The highest BCUT2D eigenvalue weighted by Crippen LogP contribution is 2.23. The molecule has 0 aliphatic carbocycles. The van der Waals surface area contributed by atoms with E-state index in [1.165, 1.54) is 12.1 Å². The molecule has 0 unspecified atom stereocenters. The Labute approximate surface area is 165 Å². The molecule has 7 nitrogen and oxygen atoms in total. The Morgan fingerprint density at radius 3 is 2.00 bits per heavy atom. The van der Waals surface area contributed by atoms with Gasteiger partial charge in [0.05, 0.1) is 4.90 Å².